The maximum Gasteiger partial charge on any atom is 0.257 e. The molecule has 0 aromatic carbocycles. The summed E-state index contributed by atoms with van der Waals surface area (Å²) in [7, 11) is 0. The van der Waals surface area contributed by atoms with Crippen LogP contribution < -0.4 is 0 Å². The lowest BCUT2D eigenvalue weighted by Gasteiger charge is -1.96. The van der Waals surface area contributed by atoms with Gasteiger partial charge in [-0.2, -0.15) is 0 Å². The van der Waals surface area contributed by atoms with Gasteiger partial charge in [0.25, 0.3) is 5.91 Å². The molecule has 0 N–H and O–H groups in total. The van der Waals surface area contributed by atoms with Gasteiger partial charge in [0.15, 0.2) is 0 Å². The molecule has 3 heteroatoms. The van der Waals surface area contributed by atoms with E-state index in [0.717, 1.165) is 6.54 Å². The Labute approximate surface area is 64.6 Å². The molecule has 0 bridgehead atoms. The molecule has 1 aromatic heterocycles. The van der Waals surface area contributed by atoms with Crippen molar-refractivity contribution in [2.45, 2.75) is 13.0 Å². The van der Waals surface area contributed by atoms with Crippen LogP contribution in [0.15, 0.2) is 23.0 Å². The van der Waals surface area contributed by atoms with Crippen LogP contribution in [0.5, 0.6) is 0 Å². The minimum Gasteiger partial charge on any atom is -0.472 e. The molecule has 3 nitrogen and oxygen atoms in total. The first-order valence-electron chi connectivity index (χ1n) is 3.62. The SMILES string of the molecule is CC1CN1C(=O)c1ccoc1. The number of carbonyl (C=O) groups is 1. The molecule has 58 valence electrons. The number of carbonyl (C=O) groups excluding carboxylic acids is 1. The van der Waals surface area contributed by atoms with Crippen LogP contribution >= 0.6 is 0 Å². The summed E-state index contributed by atoms with van der Waals surface area (Å²) in [5.41, 5.74) is 0.648. The summed E-state index contributed by atoms with van der Waals surface area (Å²) in [5, 5.41) is 0. The van der Waals surface area contributed by atoms with Gasteiger partial charge in [-0.15, -0.1) is 0 Å². The largest absolute Gasteiger partial charge is 0.472 e. The molecule has 1 aromatic rings. The van der Waals surface area contributed by atoms with Gasteiger partial charge in [-0.05, 0) is 13.0 Å². The number of rotatable bonds is 1. The maximum atomic E-state index is 11.3. The summed E-state index contributed by atoms with van der Waals surface area (Å²) in [6, 6.07) is 2.10. The van der Waals surface area contributed by atoms with Crippen molar-refractivity contribution in [1.82, 2.24) is 4.90 Å². The fourth-order valence-electron chi connectivity index (χ4n) is 1.07. The van der Waals surface area contributed by atoms with Crippen molar-refractivity contribution in [3.05, 3.63) is 24.2 Å². The normalized spacial score (nSPS) is 21.9. The quantitative estimate of drug-likeness (QED) is 0.563. The Morgan fingerprint density at radius 3 is 3.00 bits per heavy atom. The number of amides is 1. The van der Waals surface area contributed by atoms with Crippen LogP contribution in [-0.4, -0.2) is 23.4 Å². The predicted octanol–water partition coefficient (Wildman–Crippen LogP) is 1.12. The van der Waals surface area contributed by atoms with E-state index in [9.17, 15) is 4.79 Å². The Morgan fingerprint density at radius 1 is 1.82 bits per heavy atom. The number of hydrogen-bond donors (Lipinski definition) is 0. The zero-order valence-electron chi connectivity index (χ0n) is 6.28. The van der Waals surface area contributed by atoms with Crippen molar-refractivity contribution in [3.8, 4) is 0 Å². The number of hydrogen-bond acceptors (Lipinski definition) is 2. The van der Waals surface area contributed by atoms with Gasteiger partial charge in [0.1, 0.15) is 6.26 Å². The highest BCUT2D eigenvalue weighted by molar-refractivity contribution is 5.95. The van der Waals surface area contributed by atoms with Crippen LogP contribution in [0.4, 0.5) is 0 Å². The third kappa shape index (κ3) is 1.02. The molecule has 11 heavy (non-hydrogen) atoms. The van der Waals surface area contributed by atoms with E-state index in [1.54, 1.807) is 11.0 Å². The number of nitrogens with zero attached hydrogens (tertiary/aromatic N) is 1. The van der Waals surface area contributed by atoms with E-state index >= 15 is 0 Å². The molecule has 2 heterocycles. The number of furan rings is 1. The monoisotopic (exact) mass is 151 g/mol. The molecule has 1 saturated heterocycles. The average Bonchev–Trinajstić information content (AvgIpc) is 2.56. The van der Waals surface area contributed by atoms with Crippen LogP contribution in [0.2, 0.25) is 0 Å². The van der Waals surface area contributed by atoms with Gasteiger partial charge in [0.05, 0.1) is 11.8 Å². The van der Waals surface area contributed by atoms with Crippen molar-refractivity contribution < 1.29 is 9.21 Å². The fourth-order valence-corrected chi connectivity index (χ4v) is 1.07. The Morgan fingerprint density at radius 2 is 2.55 bits per heavy atom. The molecule has 2 rings (SSSR count). The maximum absolute atomic E-state index is 11.3. The van der Waals surface area contributed by atoms with Gasteiger partial charge < -0.3 is 9.32 Å². The zero-order valence-corrected chi connectivity index (χ0v) is 6.28. The van der Waals surface area contributed by atoms with E-state index in [4.69, 9.17) is 4.42 Å². The van der Waals surface area contributed by atoms with E-state index in [1.807, 2.05) is 6.92 Å². The van der Waals surface area contributed by atoms with Crippen LogP contribution in [0, 0.1) is 0 Å². The first kappa shape index (κ1) is 6.46. The van der Waals surface area contributed by atoms with E-state index in [-0.39, 0.29) is 5.91 Å². The first-order valence-corrected chi connectivity index (χ1v) is 3.62. The van der Waals surface area contributed by atoms with Crippen molar-refractivity contribution >= 4 is 5.91 Å². The van der Waals surface area contributed by atoms with Crippen molar-refractivity contribution in [2.24, 2.45) is 0 Å². The fraction of sp³-hybridized carbons (Fsp3) is 0.375. The molecule has 1 atom stereocenters. The second kappa shape index (κ2) is 2.12. The standard InChI is InChI=1S/C8H9NO2/c1-6-4-9(6)8(10)7-2-3-11-5-7/h2-3,5-6H,4H2,1H3. The van der Waals surface area contributed by atoms with Crippen LogP contribution in [0.25, 0.3) is 0 Å². The Kier molecular flexibility index (Phi) is 1.24. The summed E-state index contributed by atoms with van der Waals surface area (Å²) in [6.45, 7) is 2.90. The van der Waals surface area contributed by atoms with Gasteiger partial charge in [-0.1, -0.05) is 0 Å². The van der Waals surface area contributed by atoms with E-state index in [1.165, 1.54) is 12.5 Å². The highest BCUT2D eigenvalue weighted by Gasteiger charge is 2.34. The molecule has 0 spiro atoms. The van der Waals surface area contributed by atoms with E-state index in [0.29, 0.717) is 11.6 Å². The van der Waals surface area contributed by atoms with Gasteiger partial charge in [-0.25, -0.2) is 0 Å². The topological polar surface area (TPSA) is 33.2 Å². The summed E-state index contributed by atoms with van der Waals surface area (Å²) in [5.74, 6) is 0.0752. The molecule has 1 amide bonds. The summed E-state index contributed by atoms with van der Waals surface area (Å²) in [6.07, 6.45) is 2.99. The van der Waals surface area contributed by atoms with Crippen molar-refractivity contribution in [1.29, 1.82) is 0 Å². The van der Waals surface area contributed by atoms with Gasteiger partial charge in [0, 0.05) is 12.6 Å². The van der Waals surface area contributed by atoms with Crippen LogP contribution in [0.3, 0.4) is 0 Å². The predicted molar refractivity (Wildman–Crippen MR) is 39.2 cm³/mol. The molecule has 0 saturated carbocycles. The molecule has 1 fully saturated rings. The second-order valence-corrected chi connectivity index (χ2v) is 2.82. The van der Waals surface area contributed by atoms with Gasteiger partial charge in [0.2, 0.25) is 0 Å². The molecule has 1 aliphatic rings. The lowest BCUT2D eigenvalue weighted by Crippen LogP contribution is -2.11. The van der Waals surface area contributed by atoms with E-state index in [2.05, 4.69) is 0 Å². The molecule has 0 radical (unpaired) electrons. The van der Waals surface area contributed by atoms with Crippen molar-refractivity contribution in [3.63, 3.8) is 0 Å². The van der Waals surface area contributed by atoms with Gasteiger partial charge in [-0.3, -0.25) is 4.79 Å². The minimum absolute atomic E-state index is 0.0752. The molecule has 0 aliphatic carbocycles. The highest BCUT2D eigenvalue weighted by atomic mass is 16.3. The lowest BCUT2D eigenvalue weighted by molar-refractivity contribution is 0.0875. The smallest absolute Gasteiger partial charge is 0.257 e. The molecular weight excluding hydrogens is 142 g/mol. The summed E-state index contributed by atoms with van der Waals surface area (Å²) >= 11 is 0. The van der Waals surface area contributed by atoms with Crippen LogP contribution in [0.1, 0.15) is 17.3 Å². The Bertz CT molecular complexity index is 266. The Hall–Kier alpha value is -1.25. The van der Waals surface area contributed by atoms with E-state index < -0.39 is 0 Å². The molecular formula is C8H9NO2. The third-order valence-electron chi connectivity index (χ3n) is 1.89. The minimum atomic E-state index is 0.0752. The highest BCUT2D eigenvalue weighted by Crippen LogP contribution is 2.19. The summed E-state index contributed by atoms with van der Waals surface area (Å²) in [4.78, 5) is 13.1. The molecule has 1 unspecified atom stereocenters. The summed E-state index contributed by atoms with van der Waals surface area (Å²) < 4.78 is 4.80. The third-order valence-corrected chi connectivity index (χ3v) is 1.89. The lowest BCUT2D eigenvalue weighted by atomic mass is 10.3. The average molecular weight is 151 g/mol. The first-order chi connectivity index (χ1) is 5.29. The second-order valence-electron chi connectivity index (χ2n) is 2.82. The van der Waals surface area contributed by atoms with Crippen LogP contribution in [-0.2, 0) is 0 Å². The van der Waals surface area contributed by atoms with Gasteiger partial charge >= 0.3 is 0 Å². The zero-order chi connectivity index (χ0) is 7.84. The van der Waals surface area contributed by atoms with Crippen molar-refractivity contribution in [2.75, 3.05) is 6.54 Å². The Balaban J connectivity index is 2.13. The molecule has 1 aliphatic heterocycles.